The van der Waals surface area contributed by atoms with Gasteiger partial charge in [0.15, 0.2) is 4.34 Å². The van der Waals surface area contributed by atoms with Crippen molar-refractivity contribution >= 4 is 50.8 Å². The van der Waals surface area contributed by atoms with Gasteiger partial charge in [0.1, 0.15) is 0 Å². The van der Waals surface area contributed by atoms with Crippen molar-refractivity contribution in [2.45, 2.75) is 23.2 Å². The molecule has 0 unspecified atom stereocenters. The van der Waals surface area contributed by atoms with Gasteiger partial charge in [-0.15, -0.1) is 11.3 Å². The maximum Gasteiger partial charge on any atom is 0.150 e. The lowest BCUT2D eigenvalue weighted by molar-refractivity contribution is 0.667. The lowest BCUT2D eigenvalue weighted by Gasteiger charge is -2.23. The van der Waals surface area contributed by atoms with E-state index in [1.54, 1.807) is 23.1 Å². The van der Waals surface area contributed by atoms with Crippen molar-refractivity contribution < 1.29 is 0 Å². The van der Waals surface area contributed by atoms with Crippen LogP contribution in [0.4, 0.5) is 5.69 Å². The van der Waals surface area contributed by atoms with E-state index in [0.29, 0.717) is 6.04 Å². The van der Waals surface area contributed by atoms with Crippen LogP contribution < -0.4 is 5.32 Å². The molecule has 1 aromatic heterocycles. The predicted molar refractivity (Wildman–Crippen MR) is 85.4 cm³/mol. The van der Waals surface area contributed by atoms with Gasteiger partial charge in [-0.3, -0.25) is 0 Å². The van der Waals surface area contributed by atoms with Crippen LogP contribution >= 0.6 is 34.9 Å². The first-order valence-corrected chi connectivity index (χ1v) is 9.33. The standard InChI is InChI=1S/C13H16N2S3/c1-16-13-15-11-3-2-10(8-12(11)18-13)14-9-4-6-17-7-5-9/h2-3,8-9,14H,4-7H2,1H3. The first-order valence-electron chi connectivity index (χ1n) is 6.14. The van der Waals surface area contributed by atoms with Gasteiger partial charge in [0, 0.05) is 11.7 Å². The molecule has 0 bridgehead atoms. The number of nitrogens with one attached hydrogen (secondary N) is 1. The van der Waals surface area contributed by atoms with E-state index in [4.69, 9.17) is 0 Å². The van der Waals surface area contributed by atoms with E-state index >= 15 is 0 Å². The number of thiazole rings is 1. The van der Waals surface area contributed by atoms with Gasteiger partial charge >= 0.3 is 0 Å². The maximum atomic E-state index is 4.57. The van der Waals surface area contributed by atoms with Crippen molar-refractivity contribution in [1.82, 2.24) is 4.98 Å². The summed E-state index contributed by atoms with van der Waals surface area (Å²) in [6.45, 7) is 0. The SMILES string of the molecule is CSc1nc2ccc(NC3CCSCC3)cc2s1. The zero-order chi connectivity index (χ0) is 12.4. The summed E-state index contributed by atoms with van der Waals surface area (Å²) in [6.07, 6.45) is 4.64. The number of fused-ring (bicyclic) bond motifs is 1. The molecule has 2 nitrogen and oxygen atoms in total. The molecule has 96 valence electrons. The summed E-state index contributed by atoms with van der Waals surface area (Å²) in [5.74, 6) is 2.58. The van der Waals surface area contributed by atoms with E-state index < -0.39 is 0 Å². The average Bonchev–Trinajstić information content (AvgIpc) is 2.82. The maximum absolute atomic E-state index is 4.57. The van der Waals surface area contributed by atoms with Gasteiger partial charge in [0.25, 0.3) is 0 Å². The van der Waals surface area contributed by atoms with Gasteiger partial charge in [0.2, 0.25) is 0 Å². The number of thioether (sulfide) groups is 2. The van der Waals surface area contributed by atoms with Crippen LogP contribution in [0.5, 0.6) is 0 Å². The van der Waals surface area contributed by atoms with Crippen LogP contribution in [0.15, 0.2) is 22.5 Å². The highest BCUT2D eigenvalue weighted by molar-refractivity contribution is 8.00. The Hall–Kier alpha value is -0.390. The van der Waals surface area contributed by atoms with Gasteiger partial charge in [-0.2, -0.15) is 11.8 Å². The molecular formula is C13H16N2S3. The number of benzene rings is 1. The van der Waals surface area contributed by atoms with Gasteiger partial charge in [-0.25, -0.2) is 4.98 Å². The Morgan fingerprint density at radius 2 is 2.17 bits per heavy atom. The molecule has 0 spiro atoms. The van der Waals surface area contributed by atoms with E-state index in [0.717, 1.165) is 9.86 Å². The number of rotatable bonds is 3. The summed E-state index contributed by atoms with van der Waals surface area (Å²) in [5, 5.41) is 3.66. The lowest BCUT2D eigenvalue weighted by Crippen LogP contribution is -2.24. The van der Waals surface area contributed by atoms with Gasteiger partial charge in [-0.1, -0.05) is 11.8 Å². The average molecular weight is 296 g/mol. The van der Waals surface area contributed by atoms with Crippen LogP contribution in [0.2, 0.25) is 0 Å². The minimum absolute atomic E-state index is 0.650. The molecule has 18 heavy (non-hydrogen) atoms. The zero-order valence-electron chi connectivity index (χ0n) is 10.3. The van der Waals surface area contributed by atoms with Crippen molar-refractivity contribution in [3.63, 3.8) is 0 Å². The van der Waals surface area contributed by atoms with Crippen molar-refractivity contribution in [3.8, 4) is 0 Å². The van der Waals surface area contributed by atoms with E-state index in [1.165, 1.54) is 34.7 Å². The zero-order valence-corrected chi connectivity index (χ0v) is 12.8. The molecule has 1 saturated heterocycles. The summed E-state index contributed by atoms with van der Waals surface area (Å²) in [7, 11) is 0. The highest BCUT2D eigenvalue weighted by Crippen LogP contribution is 2.30. The summed E-state index contributed by atoms with van der Waals surface area (Å²) in [5.41, 5.74) is 2.37. The molecule has 0 radical (unpaired) electrons. The minimum atomic E-state index is 0.650. The molecule has 0 amide bonds. The third kappa shape index (κ3) is 2.78. The molecule has 2 heterocycles. The van der Waals surface area contributed by atoms with Crippen molar-refractivity contribution in [2.24, 2.45) is 0 Å². The van der Waals surface area contributed by atoms with Crippen LogP contribution in [0.25, 0.3) is 10.2 Å². The fraction of sp³-hybridized carbons (Fsp3) is 0.462. The van der Waals surface area contributed by atoms with E-state index in [-0.39, 0.29) is 0 Å². The fourth-order valence-electron chi connectivity index (χ4n) is 2.16. The van der Waals surface area contributed by atoms with E-state index in [2.05, 4.69) is 46.5 Å². The Labute approximate surface area is 120 Å². The number of hydrogen-bond acceptors (Lipinski definition) is 5. The number of hydrogen-bond donors (Lipinski definition) is 1. The largest absolute Gasteiger partial charge is 0.382 e. The number of nitrogens with zero attached hydrogens (tertiary/aromatic N) is 1. The van der Waals surface area contributed by atoms with E-state index in [9.17, 15) is 0 Å². The van der Waals surface area contributed by atoms with Crippen LogP contribution in [0.3, 0.4) is 0 Å². The summed E-state index contributed by atoms with van der Waals surface area (Å²) in [4.78, 5) is 4.57. The van der Waals surface area contributed by atoms with Crippen LogP contribution in [-0.4, -0.2) is 28.8 Å². The third-order valence-corrected chi connectivity index (χ3v) is 6.19. The Morgan fingerprint density at radius 3 is 2.94 bits per heavy atom. The van der Waals surface area contributed by atoms with Gasteiger partial charge < -0.3 is 5.32 Å². The Morgan fingerprint density at radius 1 is 1.33 bits per heavy atom. The molecule has 2 aromatic rings. The second-order valence-corrected chi connectivity index (χ2v) is 7.71. The third-order valence-electron chi connectivity index (χ3n) is 3.14. The molecule has 1 fully saturated rings. The number of aromatic nitrogens is 1. The molecule has 3 rings (SSSR count). The second kappa shape index (κ2) is 5.72. The topological polar surface area (TPSA) is 24.9 Å². The first kappa shape index (κ1) is 12.6. The first-order chi connectivity index (χ1) is 8.85. The number of anilines is 1. The smallest absolute Gasteiger partial charge is 0.150 e. The summed E-state index contributed by atoms with van der Waals surface area (Å²) < 4.78 is 2.44. The fourth-order valence-corrected chi connectivity index (χ4v) is 4.79. The van der Waals surface area contributed by atoms with Crippen LogP contribution in [-0.2, 0) is 0 Å². The highest BCUT2D eigenvalue weighted by Gasteiger charge is 2.13. The molecule has 0 saturated carbocycles. The quantitative estimate of drug-likeness (QED) is 0.852. The highest BCUT2D eigenvalue weighted by atomic mass is 32.2. The molecular weight excluding hydrogens is 280 g/mol. The Balaban J connectivity index is 1.79. The summed E-state index contributed by atoms with van der Waals surface area (Å²) in [6, 6.07) is 7.19. The molecule has 1 aromatic carbocycles. The molecule has 1 N–H and O–H groups in total. The van der Waals surface area contributed by atoms with Crippen molar-refractivity contribution in [1.29, 1.82) is 0 Å². The lowest BCUT2D eigenvalue weighted by atomic mass is 10.1. The molecule has 0 aliphatic carbocycles. The molecule has 5 heteroatoms. The van der Waals surface area contributed by atoms with Gasteiger partial charge in [-0.05, 0) is 48.8 Å². The molecule has 1 aliphatic rings. The second-order valence-electron chi connectivity index (χ2n) is 4.40. The molecule has 0 atom stereocenters. The molecule has 1 aliphatic heterocycles. The predicted octanol–water partition coefficient (Wildman–Crippen LogP) is 4.33. The van der Waals surface area contributed by atoms with Crippen LogP contribution in [0.1, 0.15) is 12.8 Å². The Bertz CT molecular complexity index is 532. The van der Waals surface area contributed by atoms with Crippen LogP contribution in [0, 0.1) is 0 Å². The monoisotopic (exact) mass is 296 g/mol. The minimum Gasteiger partial charge on any atom is -0.382 e. The van der Waals surface area contributed by atoms with Gasteiger partial charge in [0.05, 0.1) is 10.2 Å². The van der Waals surface area contributed by atoms with Crippen molar-refractivity contribution in [3.05, 3.63) is 18.2 Å². The Kier molecular flexibility index (Phi) is 4.01. The van der Waals surface area contributed by atoms with Crippen molar-refractivity contribution in [2.75, 3.05) is 23.1 Å². The van der Waals surface area contributed by atoms with E-state index in [1.807, 2.05) is 0 Å². The normalized spacial score (nSPS) is 17.2. The summed E-state index contributed by atoms with van der Waals surface area (Å²) >= 11 is 5.57.